The Balaban J connectivity index is 3.54. The first-order valence-electron chi connectivity index (χ1n) is 5.90. The maximum absolute atomic E-state index is 5.36. The van der Waals surface area contributed by atoms with E-state index in [4.69, 9.17) is 13.9 Å². The number of rotatable bonds is 10. The van der Waals surface area contributed by atoms with Crippen molar-refractivity contribution >= 4 is 10.5 Å². The normalized spacial score (nSPS) is 12.2. The van der Waals surface area contributed by atoms with E-state index in [0.29, 0.717) is 10.5 Å². The Labute approximate surface area is 97.0 Å². The lowest BCUT2D eigenvalue weighted by atomic mass is 10.1. The van der Waals surface area contributed by atoms with Crippen LogP contribution in [0.25, 0.3) is 0 Å². The lowest BCUT2D eigenvalue weighted by Crippen LogP contribution is -2.36. The molecule has 0 aromatic rings. The molecule has 0 aromatic heterocycles. The fraction of sp³-hybridized carbons (Fsp3) is 1.00. The fourth-order valence-electron chi connectivity index (χ4n) is 1.68. The van der Waals surface area contributed by atoms with Gasteiger partial charge in [0.2, 0.25) is 0 Å². The van der Waals surface area contributed by atoms with Gasteiger partial charge >= 0.3 is 0 Å². The third kappa shape index (κ3) is 6.30. The first-order valence-corrected chi connectivity index (χ1v) is 6.71. The Bertz CT molecular complexity index is 130. The molecule has 92 valence electrons. The van der Waals surface area contributed by atoms with E-state index in [2.05, 4.69) is 6.92 Å². The Hall–Kier alpha value is 0.0969. The van der Waals surface area contributed by atoms with Crippen molar-refractivity contribution in [1.29, 1.82) is 0 Å². The molecule has 0 aliphatic carbocycles. The van der Waals surface area contributed by atoms with Gasteiger partial charge in [-0.2, -0.15) is 0 Å². The maximum Gasteiger partial charge on any atom is 0.272 e. The van der Waals surface area contributed by atoms with Crippen molar-refractivity contribution in [3.63, 3.8) is 0 Å². The van der Waals surface area contributed by atoms with Crippen molar-refractivity contribution in [1.82, 2.24) is 0 Å². The van der Waals surface area contributed by atoms with E-state index in [9.17, 15) is 0 Å². The van der Waals surface area contributed by atoms with Crippen molar-refractivity contribution in [2.45, 2.75) is 57.8 Å². The average molecular weight is 234 g/mol. The molecule has 0 amide bonds. The van der Waals surface area contributed by atoms with Gasteiger partial charge < -0.3 is 13.9 Å². The number of unbranched alkanes of at least 4 members (excludes halogenated alkanes) is 5. The molecule has 4 heteroatoms. The summed E-state index contributed by atoms with van der Waals surface area (Å²) in [7, 11) is 3.91. The predicted octanol–water partition coefficient (Wildman–Crippen LogP) is 1.98. The van der Waals surface area contributed by atoms with Crippen LogP contribution in [0.2, 0.25) is 0 Å². The van der Waals surface area contributed by atoms with E-state index in [1.54, 1.807) is 14.2 Å². The molecule has 0 aliphatic heterocycles. The highest BCUT2D eigenvalue weighted by molar-refractivity contribution is 5.98. The Morgan fingerprint density at radius 3 is 1.93 bits per heavy atom. The van der Waals surface area contributed by atoms with Crippen LogP contribution in [0, 0.1) is 0 Å². The molecule has 0 atom stereocenters. The fourth-order valence-corrected chi connectivity index (χ4v) is 2.22. The van der Waals surface area contributed by atoms with E-state index in [1.165, 1.54) is 32.1 Å². The molecule has 0 fully saturated rings. The SMILES string of the molecule is CCCCCCCCC(OC)(OC)O[SiH3]. The quantitative estimate of drug-likeness (QED) is 0.329. The topological polar surface area (TPSA) is 27.7 Å². The second-order valence-electron chi connectivity index (χ2n) is 3.81. The molecule has 15 heavy (non-hydrogen) atoms. The molecule has 0 radical (unpaired) electrons. The van der Waals surface area contributed by atoms with Crippen LogP contribution in [0.15, 0.2) is 0 Å². The van der Waals surface area contributed by atoms with Crippen LogP contribution in [0.5, 0.6) is 0 Å². The van der Waals surface area contributed by atoms with E-state index in [-0.39, 0.29) is 0 Å². The van der Waals surface area contributed by atoms with E-state index in [1.807, 2.05) is 0 Å². The number of ether oxygens (including phenoxy) is 2. The Morgan fingerprint density at radius 1 is 0.933 bits per heavy atom. The van der Waals surface area contributed by atoms with Crippen LogP contribution in [0.3, 0.4) is 0 Å². The van der Waals surface area contributed by atoms with Crippen molar-refractivity contribution in [3.8, 4) is 0 Å². The lowest BCUT2D eigenvalue weighted by molar-refractivity contribution is -0.325. The van der Waals surface area contributed by atoms with Gasteiger partial charge in [0.05, 0.1) is 0 Å². The van der Waals surface area contributed by atoms with Crippen LogP contribution in [-0.4, -0.2) is 30.7 Å². The molecular formula is C11H26O3Si. The summed E-state index contributed by atoms with van der Waals surface area (Å²) >= 11 is 0. The predicted molar refractivity (Wildman–Crippen MR) is 65.8 cm³/mol. The first kappa shape index (κ1) is 15.1. The van der Waals surface area contributed by atoms with Gasteiger partial charge in [-0.1, -0.05) is 39.0 Å². The van der Waals surface area contributed by atoms with Crippen LogP contribution >= 0.6 is 0 Å². The maximum atomic E-state index is 5.36. The van der Waals surface area contributed by atoms with Gasteiger partial charge in [-0.25, -0.2) is 0 Å². The molecule has 0 rings (SSSR count). The molecule has 3 nitrogen and oxygen atoms in total. The molecule has 0 spiro atoms. The molecular weight excluding hydrogens is 208 g/mol. The minimum atomic E-state index is -0.767. The van der Waals surface area contributed by atoms with Gasteiger partial charge in [-0.3, -0.25) is 0 Å². The zero-order valence-electron chi connectivity index (χ0n) is 10.7. The molecule has 0 aliphatic rings. The third-order valence-electron chi connectivity index (χ3n) is 2.77. The van der Waals surface area contributed by atoms with Crippen LogP contribution in [-0.2, 0) is 13.9 Å². The van der Waals surface area contributed by atoms with Gasteiger partial charge in [-0.05, 0) is 6.42 Å². The van der Waals surface area contributed by atoms with Gasteiger partial charge in [0.1, 0.15) is 0 Å². The zero-order valence-corrected chi connectivity index (χ0v) is 12.7. The third-order valence-corrected chi connectivity index (χ3v) is 3.39. The number of hydrogen-bond donors (Lipinski definition) is 0. The first-order chi connectivity index (χ1) is 7.24. The molecule has 0 bridgehead atoms. The van der Waals surface area contributed by atoms with E-state index in [0.717, 1.165) is 12.8 Å². The van der Waals surface area contributed by atoms with Crippen molar-refractivity contribution < 1.29 is 13.9 Å². The summed E-state index contributed by atoms with van der Waals surface area (Å²) in [5.74, 6) is -0.767. The number of hydrogen-bond acceptors (Lipinski definition) is 3. The highest BCUT2D eigenvalue weighted by atomic mass is 28.2. The van der Waals surface area contributed by atoms with Gasteiger partial charge in [0.25, 0.3) is 5.97 Å². The molecule has 0 heterocycles. The Kier molecular flexibility index (Phi) is 9.39. The second-order valence-corrected chi connectivity index (χ2v) is 4.22. The summed E-state index contributed by atoms with van der Waals surface area (Å²) in [4.78, 5) is 0. The largest absolute Gasteiger partial charge is 0.380 e. The van der Waals surface area contributed by atoms with Gasteiger partial charge in [-0.15, -0.1) is 0 Å². The average Bonchev–Trinajstić information content (AvgIpc) is 2.29. The standard InChI is InChI=1S/C11H26O3Si/c1-4-5-6-7-8-9-10-11(12-2,13-3)14-15/h4-10H2,1-3,15H3. The van der Waals surface area contributed by atoms with Crippen molar-refractivity contribution in [2.75, 3.05) is 14.2 Å². The Morgan fingerprint density at radius 2 is 1.47 bits per heavy atom. The number of methoxy groups -OCH3 is 2. The highest BCUT2D eigenvalue weighted by Gasteiger charge is 2.27. The smallest absolute Gasteiger partial charge is 0.272 e. The van der Waals surface area contributed by atoms with Crippen molar-refractivity contribution in [2.24, 2.45) is 0 Å². The minimum absolute atomic E-state index is 0.636. The summed E-state index contributed by atoms with van der Waals surface area (Å²) in [5.41, 5.74) is 0. The van der Waals surface area contributed by atoms with Crippen molar-refractivity contribution in [3.05, 3.63) is 0 Å². The molecule has 0 N–H and O–H groups in total. The monoisotopic (exact) mass is 234 g/mol. The molecule has 0 aromatic carbocycles. The molecule has 0 saturated carbocycles. The summed E-state index contributed by atoms with van der Waals surface area (Å²) < 4.78 is 15.9. The van der Waals surface area contributed by atoms with Gasteiger partial charge in [0, 0.05) is 20.6 Å². The van der Waals surface area contributed by atoms with E-state index < -0.39 is 5.97 Å². The summed E-state index contributed by atoms with van der Waals surface area (Å²) in [6.45, 7) is 2.23. The molecule has 0 saturated heterocycles. The van der Waals surface area contributed by atoms with E-state index >= 15 is 0 Å². The summed E-state index contributed by atoms with van der Waals surface area (Å²) in [6.07, 6.45) is 8.45. The zero-order chi connectivity index (χ0) is 11.6. The lowest BCUT2D eigenvalue weighted by Gasteiger charge is -2.29. The minimum Gasteiger partial charge on any atom is -0.380 e. The van der Waals surface area contributed by atoms with Crippen LogP contribution in [0.4, 0.5) is 0 Å². The summed E-state index contributed by atoms with van der Waals surface area (Å²) in [6, 6.07) is 0. The molecule has 0 unspecified atom stereocenters. The van der Waals surface area contributed by atoms with Gasteiger partial charge in [0.15, 0.2) is 10.5 Å². The highest BCUT2D eigenvalue weighted by Crippen LogP contribution is 2.20. The second kappa shape index (κ2) is 9.33. The van der Waals surface area contributed by atoms with Crippen LogP contribution in [0.1, 0.15) is 51.9 Å². The van der Waals surface area contributed by atoms with Crippen LogP contribution < -0.4 is 0 Å². The summed E-state index contributed by atoms with van der Waals surface area (Å²) in [5, 5.41) is 0.